The van der Waals surface area contributed by atoms with Gasteiger partial charge >= 0.3 is 11.6 Å². The van der Waals surface area contributed by atoms with Crippen LogP contribution < -0.4 is 5.63 Å². The highest BCUT2D eigenvalue weighted by Crippen LogP contribution is 2.35. The number of hydrogen-bond donors (Lipinski definition) is 1. The predicted molar refractivity (Wildman–Crippen MR) is 70.5 cm³/mol. The van der Waals surface area contributed by atoms with Crippen molar-refractivity contribution in [2.75, 3.05) is 6.54 Å². The second kappa shape index (κ2) is 5.48. The lowest BCUT2D eigenvalue weighted by atomic mass is 9.90. The second-order valence-corrected chi connectivity index (χ2v) is 4.99. The number of nitrogens with zero attached hydrogens (tertiary/aromatic N) is 1. The van der Waals surface area contributed by atoms with Crippen LogP contribution in [0, 0.1) is 0 Å². The highest BCUT2D eigenvalue weighted by atomic mass is 16.4. The molecule has 0 saturated carbocycles. The van der Waals surface area contributed by atoms with Gasteiger partial charge in [0.25, 0.3) is 5.91 Å². The number of likely N-dealkylation sites (tertiary alicyclic amines) is 1. The van der Waals surface area contributed by atoms with Crippen LogP contribution in [0.3, 0.4) is 0 Å². The third-order valence-electron chi connectivity index (χ3n) is 3.74. The smallest absolute Gasteiger partial charge is 0.335 e. The first-order chi connectivity index (χ1) is 9.51. The molecule has 1 aromatic rings. The molecule has 1 aliphatic rings. The molecule has 1 amide bonds. The molecule has 0 aliphatic carbocycles. The second-order valence-electron chi connectivity index (χ2n) is 4.99. The lowest BCUT2D eigenvalue weighted by molar-refractivity contribution is -0.148. The number of carboxylic acids is 1. The number of aliphatic carboxylic acids is 1. The summed E-state index contributed by atoms with van der Waals surface area (Å²) in [6, 6.07) is 2.52. The molecular weight excluding hydrogens is 262 g/mol. The Hall–Kier alpha value is -2.11. The normalized spacial score (nSPS) is 21.9. The standard InChI is InChI=1S/C14H17NO5/c1-2-6-14(13(18)19)7-3-8-15(14)12(17)10-4-5-11(16)20-9-10/h4-5,9H,2-3,6-8H2,1H3,(H,18,19). The van der Waals surface area contributed by atoms with Crippen molar-refractivity contribution in [1.82, 2.24) is 4.90 Å². The maximum atomic E-state index is 12.5. The summed E-state index contributed by atoms with van der Waals surface area (Å²) < 4.78 is 4.68. The molecule has 108 valence electrons. The Labute approximate surface area is 116 Å². The molecule has 0 radical (unpaired) electrons. The Morgan fingerprint density at radius 2 is 2.20 bits per heavy atom. The molecule has 1 fully saturated rings. The zero-order valence-electron chi connectivity index (χ0n) is 11.3. The average Bonchev–Trinajstić information content (AvgIpc) is 2.84. The van der Waals surface area contributed by atoms with Gasteiger partial charge in [0.2, 0.25) is 0 Å². The summed E-state index contributed by atoms with van der Waals surface area (Å²) in [5, 5.41) is 9.54. The Kier molecular flexibility index (Phi) is 3.92. The van der Waals surface area contributed by atoms with E-state index in [9.17, 15) is 19.5 Å². The fourth-order valence-corrected chi connectivity index (χ4v) is 2.81. The van der Waals surface area contributed by atoms with Crippen LogP contribution in [0.2, 0.25) is 0 Å². The zero-order chi connectivity index (χ0) is 14.8. The Bertz CT molecular complexity index is 559. The van der Waals surface area contributed by atoms with Gasteiger partial charge in [-0.05, 0) is 25.3 Å². The Balaban J connectivity index is 2.34. The SMILES string of the molecule is CCCC1(C(=O)O)CCCN1C(=O)c1ccc(=O)oc1. The van der Waals surface area contributed by atoms with Crippen molar-refractivity contribution in [3.05, 3.63) is 34.4 Å². The lowest BCUT2D eigenvalue weighted by Gasteiger charge is -2.34. The van der Waals surface area contributed by atoms with E-state index in [-0.39, 0.29) is 5.56 Å². The maximum absolute atomic E-state index is 12.5. The molecule has 2 rings (SSSR count). The number of carbonyl (C=O) groups is 2. The third kappa shape index (κ3) is 2.33. The van der Waals surface area contributed by atoms with Gasteiger partial charge in [0.05, 0.1) is 5.56 Å². The first-order valence-corrected chi connectivity index (χ1v) is 6.65. The van der Waals surface area contributed by atoms with Gasteiger partial charge in [-0.2, -0.15) is 0 Å². The van der Waals surface area contributed by atoms with E-state index >= 15 is 0 Å². The Morgan fingerprint density at radius 1 is 1.45 bits per heavy atom. The molecule has 1 aliphatic heterocycles. The summed E-state index contributed by atoms with van der Waals surface area (Å²) in [6.45, 7) is 2.30. The van der Waals surface area contributed by atoms with Crippen molar-refractivity contribution in [3.8, 4) is 0 Å². The fraction of sp³-hybridized carbons (Fsp3) is 0.500. The van der Waals surface area contributed by atoms with Crippen LogP contribution >= 0.6 is 0 Å². The molecule has 6 nitrogen and oxygen atoms in total. The van der Waals surface area contributed by atoms with Crippen LogP contribution in [0.5, 0.6) is 0 Å². The van der Waals surface area contributed by atoms with Crippen molar-refractivity contribution in [1.29, 1.82) is 0 Å². The summed E-state index contributed by atoms with van der Waals surface area (Å²) in [5.74, 6) is -1.37. The van der Waals surface area contributed by atoms with Gasteiger partial charge in [-0.25, -0.2) is 9.59 Å². The topological polar surface area (TPSA) is 87.8 Å². The molecule has 1 unspecified atom stereocenters. The van der Waals surface area contributed by atoms with E-state index in [2.05, 4.69) is 4.42 Å². The molecule has 1 saturated heterocycles. The highest BCUT2D eigenvalue weighted by Gasteiger charge is 2.49. The van der Waals surface area contributed by atoms with Crippen LogP contribution in [-0.2, 0) is 4.79 Å². The van der Waals surface area contributed by atoms with Crippen LogP contribution in [0.4, 0.5) is 0 Å². The van der Waals surface area contributed by atoms with Gasteiger partial charge in [-0.15, -0.1) is 0 Å². The summed E-state index contributed by atoms with van der Waals surface area (Å²) in [6.07, 6.45) is 3.31. The molecule has 2 heterocycles. The molecule has 0 aromatic carbocycles. The van der Waals surface area contributed by atoms with E-state index in [4.69, 9.17) is 0 Å². The van der Waals surface area contributed by atoms with Crippen LogP contribution in [0.1, 0.15) is 43.0 Å². The largest absolute Gasteiger partial charge is 0.479 e. The van der Waals surface area contributed by atoms with Crippen molar-refractivity contribution < 1.29 is 19.1 Å². The quantitative estimate of drug-likeness (QED) is 0.902. The minimum Gasteiger partial charge on any atom is -0.479 e. The molecular formula is C14H17NO5. The van der Waals surface area contributed by atoms with Gasteiger partial charge in [0.15, 0.2) is 0 Å². The number of rotatable bonds is 4. The molecule has 1 atom stereocenters. The fourth-order valence-electron chi connectivity index (χ4n) is 2.81. The summed E-state index contributed by atoms with van der Waals surface area (Å²) in [5.41, 5.74) is -1.48. The molecule has 1 aromatic heterocycles. The van der Waals surface area contributed by atoms with E-state index in [0.717, 1.165) is 12.3 Å². The number of carboxylic acid groups (broad SMARTS) is 1. The Morgan fingerprint density at radius 3 is 2.75 bits per heavy atom. The van der Waals surface area contributed by atoms with Crippen LogP contribution in [0.15, 0.2) is 27.6 Å². The molecule has 20 heavy (non-hydrogen) atoms. The van der Waals surface area contributed by atoms with Gasteiger partial charge in [-0.3, -0.25) is 4.79 Å². The van der Waals surface area contributed by atoms with Crippen LogP contribution in [0.25, 0.3) is 0 Å². The van der Waals surface area contributed by atoms with Gasteiger partial charge in [0.1, 0.15) is 11.8 Å². The third-order valence-corrected chi connectivity index (χ3v) is 3.74. The van der Waals surface area contributed by atoms with Crippen LogP contribution in [-0.4, -0.2) is 34.0 Å². The monoisotopic (exact) mass is 279 g/mol. The van der Waals surface area contributed by atoms with Crippen molar-refractivity contribution in [2.45, 2.75) is 38.1 Å². The van der Waals surface area contributed by atoms with E-state index in [1.807, 2.05) is 6.92 Å². The first-order valence-electron chi connectivity index (χ1n) is 6.65. The summed E-state index contributed by atoms with van der Waals surface area (Å²) in [7, 11) is 0. The molecule has 1 N–H and O–H groups in total. The van der Waals surface area contributed by atoms with E-state index in [1.54, 1.807) is 0 Å². The minimum atomic E-state index is -1.14. The van der Waals surface area contributed by atoms with Crippen molar-refractivity contribution in [3.63, 3.8) is 0 Å². The summed E-state index contributed by atoms with van der Waals surface area (Å²) >= 11 is 0. The van der Waals surface area contributed by atoms with Crippen molar-refractivity contribution >= 4 is 11.9 Å². The van der Waals surface area contributed by atoms with E-state index in [1.165, 1.54) is 11.0 Å². The lowest BCUT2D eigenvalue weighted by Crippen LogP contribution is -2.53. The first kappa shape index (κ1) is 14.3. The number of carbonyl (C=O) groups excluding carboxylic acids is 1. The van der Waals surface area contributed by atoms with E-state index in [0.29, 0.717) is 32.2 Å². The summed E-state index contributed by atoms with van der Waals surface area (Å²) in [4.78, 5) is 36.4. The highest BCUT2D eigenvalue weighted by molar-refractivity contribution is 5.98. The van der Waals surface area contributed by atoms with Gasteiger partial charge in [-0.1, -0.05) is 13.3 Å². The number of amides is 1. The predicted octanol–water partition coefficient (Wildman–Crippen LogP) is 1.50. The van der Waals surface area contributed by atoms with Gasteiger partial charge in [0, 0.05) is 12.6 Å². The number of hydrogen-bond acceptors (Lipinski definition) is 4. The van der Waals surface area contributed by atoms with Gasteiger partial charge < -0.3 is 14.4 Å². The minimum absolute atomic E-state index is 0.202. The van der Waals surface area contributed by atoms with E-state index < -0.39 is 23.0 Å². The molecule has 0 bridgehead atoms. The average molecular weight is 279 g/mol. The van der Waals surface area contributed by atoms with Crippen molar-refractivity contribution in [2.24, 2.45) is 0 Å². The molecule has 6 heteroatoms. The molecule has 0 spiro atoms. The zero-order valence-corrected chi connectivity index (χ0v) is 11.3. The maximum Gasteiger partial charge on any atom is 0.335 e.